The molecule has 2 aromatic heterocycles. The molecule has 0 amide bonds. The highest BCUT2D eigenvalue weighted by Gasteiger charge is 2.05. The molecule has 2 rings (SSSR count). The molecule has 2 aromatic rings. The highest BCUT2D eigenvalue weighted by atomic mass is 79.9. The number of pyridine rings is 2. The third-order valence-corrected chi connectivity index (χ3v) is 2.38. The lowest BCUT2D eigenvalue weighted by molar-refractivity contribution is 1.26. The summed E-state index contributed by atoms with van der Waals surface area (Å²) >= 11 is 8.97. The van der Waals surface area contributed by atoms with Crippen molar-refractivity contribution in [3.8, 4) is 6.07 Å². The van der Waals surface area contributed by atoms with Crippen molar-refractivity contribution >= 4 is 38.3 Å². The van der Waals surface area contributed by atoms with Gasteiger partial charge in [-0.15, -0.1) is 0 Å². The van der Waals surface area contributed by atoms with Gasteiger partial charge in [0.25, 0.3) is 0 Å². The van der Waals surface area contributed by atoms with Gasteiger partial charge in [-0.3, -0.25) is 0 Å². The fourth-order valence-corrected chi connectivity index (χ4v) is 1.71. The van der Waals surface area contributed by atoms with Gasteiger partial charge < -0.3 is 0 Å². The van der Waals surface area contributed by atoms with Gasteiger partial charge in [-0.1, -0.05) is 11.6 Å². The molecule has 0 N–H and O–H groups in total. The average Bonchev–Trinajstić information content (AvgIpc) is 2.17. The van der Waals surface area contributed by atoms with Gasteiger partial charge in [0.2, 0.25) is 0 Å². The highest BCUT2D eigenvalue weighted by molar-refractivity contribution is 9.10. The topological polar surface area (TPSA) is 49.6 Å². The molecule has 0 atom stereocenters. The molecule has 14 heavy (non-hydrogen) atoms. The fourth-order valence-electron chi connectivity index (χ4n) is 1.17. The van der Waals surface area contributed by atoms with Crippen molar-refractivity contribution < 1.29 is 0 Å². The Kier molecular flexibility index (Phi) is 2.36. The molecule has 3 nitrogen and oxygen atoms in total. The number of nitriles is 1. The Labute approximate surface area is 93.5 Å². The predicted molar refractivity (Wildman–Crippen MR) is 57.0 cm³/mol. The van der Waals surface area contributed by atoms with E-state index >= 15 is 0 Å². The molecule has 0 aromatic carbocycles. The first-order valence-corrected chi connectivity index (χ1v) is 4.89. The first-order chi connectivity index (χ1) is 6.70. The standard InChI is InChI=1S/C9H3BrClN3/c10-8-2-6-5(4-13-8)1-9(11)14-7(6)3-12/h1-2,4H. The van der Waals surface area contributed by atoms with Crippen molar-refractivity contribution in [3.05, 3.63) is 33.8 Å². The molecule has 0 aliphatic carbocycles. The SMILES string of the molecule is N#Cc1nc(Cl)cc2cnc(Br)cc12. The Hall–Kier alpha value is -1.18. The Bertz CT molecular complexity index is 547. The third-order valence-electron chi connectivity index (χ3n) is 1.76. The zero-order valence-corrected chi connectivity index (χ0v) is 9.17. The first kappa shape index (κ1) is 9.38. The van der Waals surface area contributed by atoms with E-state index in [2.05, 4.69) is 25.9 Å². The van der Waals surface area contributed by atoms with Crippen LogP contribution < -0.4 is 0 Å². The van der Waals surface area contributed by atoms with E-state index in [-0.39, 0.29) is 0 Å². The first-order valence-electron chi connectivity index (χ1n) is 3.72. The second-order valence-corrected chi connectivity index (χ2v) is 3.83. The van der Waals surface area contributed by atoms with Crippen molar-refractivity contribution in [2.75, 3.05) is 0 Å². The van der Waals surface area contributed by atoms with E-state index in [1.807, 2.05) is 6.07 Å². The average molecular weight is 269 g/mol. The quantitative estimate of drug-likeness (QED) is 0.690. The maximum atomic E-state index is 8.84. The van der Waals surface area contributed by atoms with Crippen LogP contribution in [0.25, 0.3) is 10.8 Å². The number of hydrogen-bond donors (Lipinski definition) is 0. The van der Waals surface area contributed by atoms with Crippen molar-refractivity contribution in [1.82, 2.24) is 9.97 Å². The minimum absolute atomic E-state index is 0.304. The van der Waals surface area contributed by atoms with E-state index in [0.717, 1.165) is 10.8 Å². The Morgan fingerprint density at radius 3 is 2.93 bits per heavy atom. The summed E-state index contributed by atoms with van der Waals surface area (Å²) in [6, 6.07) is 5.42. The molecule has 0 saturated heterocycles. The second-order valence-electron chi connectivity index (χ2n) is 2.63. The summed E-state index contributed by atoms with van der Waals surface area (Å²) in [7, 11) is 0. The van der Waals surface area contributed by atoms with Crippen molar-refractivity contribution in [3.63, 3.8) is 0 Å². The summed E-state index contributed by atoms with van der Waals surface area (Å²) in [5.41, 5.74) is 0.315. The van der Waals surface area contributed by atoms with Crippen LogP contribution in [0.2, 0.25) is 5.15 Å². The van der Waals surface area contributed by atoms with Gasteiger partial charge in [0.1, 0.15) is 21.5 Å². The molecule has 2 heterocycles. The highest BCUT2D eigenvalue weighted by Crippen LogP contribution is 2.22. The van der Waals surface area contributed by atoms with Gasteiger partial charge >= 0.3 is 0 Å². The lowest BCUT2D eigenvalue weighted by atomic mass is 10.2. The molecule has 0 aliphatic rings. The van der Waals surface area contributed by atoms with Crippen molar-refractivity contribution in [1.29, 1.82) is 5.26 Å². The maximum Gasteiger partial charge on any atom is 0.150 e. The van der Waals surface area contributed by atoms with Crippen molar-refractivity contribution in [2.24, 2.45) is 0 Å². The minimum atomic E-state index is 0.304. The number of fused-ring (bicyclic) bond motifs is 1. The Balaban J connectivity index is 2.90. The molecular formula is C9H3BrClN3. The molecule has 0 aliphatic heterocycles. The third kappa shape index (κ3) is 1.57. The number of halogens is 2. The molecule has 68 valence electrons. The van der Waals surface area contributed by atoms with E-state index in [4.69, 9.17) is 16.9 Å². The van der Waals surface area contributed by atoms with Crippen LogP contribution in [0.15, 0.2) is 22.9 Å². The molecule has 0 saturated carbocycles. The predicted octanol–water partition coefficient (Wildman–Crippen LogP) is 2.92. The normalized spacial score (nSPS) is 10.1. The number of rotatable bonds is 0. The number of aromatic nitrogens is 2. The van der Waals surface area contributed by atoms with Gasteiger partial charge in [-0.2, -0.15) is 5.26 Å². The van der Waals surface area contributed by atoms with Crippen LogP contribution >= 0.6 is 27.5 Å². The smallest absolute Gasteiger partial charge is 0.150 e. The number of hydrogen-bond acceptors (Lipinski definition) is 3. The fraction of sp³-hybridized carbons (Fsp3) is 0. The van der Waals surface area contributed by atoms with E-state index < -0.39 is 0 Å². The molecule has 0 fully saturated rings. The zero-order valence-electron chi connectivity index (χ0n) is 6.83. The van der Waals surface area contributed by atoms with Gasteiger partial charge in [-0.25, -0.2) is 9.97 Å². The summed E-state index contributed by atoms with van der Waals surface area (Å²) in [4.78, 5) is 7.96. The number of nitrogens with zero attached hydrogens (tertiary/aromatic N) is 3. The van der Waals surface area contributed by atoms with Gasteiger partial charge in [0.05, 0.1) is 0 Å². The Morgan fingerprint density at radius 1 is 1.43 bits per heavy atom. The largest absolute Gasteiger partial charge is 0.249 e. The molecule has 0 bridgehead atoms. The Morgan fingerprint density at radius 2 is 2.21 bits per heavy atom. The summed E-state index contributed by atoms with van der Waals surface area (Å²) in [5.74, 6) is 0. The van der Waals surface area contributed by atoms with Crippen LogP contribution in [0.1, 0.15) is 5.69 Å². The van der Waals surface area contributed by atoms with Crippen LogP contribution in [0.4, 0.5) is 0 Å². The lowest BCUT2D eigenvalue weighted by Crippen LogP contribution is -1.88. The summed E-state index contributed by atoms with van der Waals surface area (Å²) in [5, 5.41) is 10.7. The van der Waals surface area contributed by atoms with Crippen LogP contribution in [0.5, 0.6) is 0 Å². The maximum absolute atomic E-state index is 8.84. The van der Waals surface area contributed by atoms with Gasteiger partial charge in [0, 0.05) is 17.0 Å². The van der Waals surface area contributed by atoms with E-state index in [1.54, 1.807) is 18.3 Å². The zero-order chi connectivity index (χ0) is 10.1. The molecule has 0 unspecified atom stereocenters. The van der Waals surface area contributed by atoms with Crippen LogP contribution in [-0.4, -0.2) is 9.97 Å². The second kappa shape index (κ2) is 3.52. The lowest BCUT2D eigenvalue weighted by Gasteiger charge is -2.00. The van der Waals surface area contributed by atoms with Gasteiger partial charge in [0.15, 0.2) is 0 Å². The minimum Gasteiger partial charge on any atom is -0.249 e. The van der Waals surface area contributed by atoms with E-state index in [0.29, 0.717) is 15.5 Å². The monoisotopic (exact) mass is 267 g/mol. The van der Waals surface area contributed by atoms with Crippen molar-refractivity contribution in [2.45, 2.75) is 0 Å². The van der Waals surface area contributed by atoms with Crippen LogP contribution in [0.3, 0.4) is 0 Å². The van der Waals surface area contributed by atoms with E-state index in [9.17, 15) is 0 Å². The summed E-state index contributed by atoms with van der Waals surface area (Å²) in [6.45, 7) is 0. The molecule has 0 spiro atoms. The van der Waals surface area contributed by atoms with Crippen LogP contribution in [-0.2, 0) is 0 Å². The molecule has 5 heteroatoms. The summed E-state index contributed by atoms with van der Waals surface area (Å²) < 4.78 is 0.672. The summed E-state index contributed by atoms with van der Waals surface area (Å²) in [6.07, 6.45) is 1.65. The van der Waals surface area contributed by atoms with Gasteiger partial charge in [-0.05, 0) is 28.1 Å². The molecule has 0 radical (unpaired) electrons. The van der Waals surface area contributed by atoms with E-state index in [1.165, 1.54) is 0 Å². The van der Waals surface area contributed by atoms with Crippen LogP contribution in [0, 0.1) is 11.3 Å². The molecular weight excluding hydrogens is 265 g/mol.